The minimum absolute atomic E-state index is 0.0706. The van der Waals surface area contributed by atoms with Crippen molar-refractivity contribution in [3.8, 4) is 0 Å². The molecular formula is C12H17N5O4. The number of aromatic nitrogens is 5. The van der Waals surface area contributed by atoms with Crippen LogP contribution in [0, 0.1) is 17.8 Å². The number of aliphatic hydroxyl groups is 3. The van der Waals surface area contributed by atoms with E-state index in [-0.39, 0.29) is 54.7 Å². The summed E-state index contributed by atoms with van der Waals surface area (Å²) in [6.45, 7) is -0.330. The SMILES string of the molecule is O=c1[nH]cnc2c1nnn2C1C[C@H](CO)[C@@H](CO)[C@@H]1CO. The summed E-state index contributed by atoms with van der Waals surface area (Å²) in [4.78, 5) is 18.2. The fourth-order valence-electron chi connectivity index (χ4n) is 3.33. The summed E-state index contributed by atoms with van der Waals surface area (Å²) in [6, 6.07) is -0.261. The predicted molar refractivity (Wildman–Crippen MR) is 71.3 cm³/mol. The van der Waals surface area contributed by atoms with Gasteiger partial charge in [0.15, 0.2) is 11.2 Å². The molecule has 9 heteroatoms. The van der Waals surface area contributed by atoms with Gasteiger partial charge >= 0.3 is 0 Å². The van der Waals surface area contributed by atoms with Crippen LogP contribution in [-0.4, -0.2) is 60.1 Å². The lowest BCUT2D eigenvalue weighted by molar-refractivity contribution is 0.0843. The molecule has 0 amide bonds. The number of fused-ring (bicyclic) bond motifs is 1. The molecule has 0 radical (unpaired) electrons. The van der Waals surface area contributed by atoms with Crippen molar-refractivity contribution in [2.24, 2.45) is 17.8 Å². The Hall–Kier alpha value is -1.84. The summed E-state index contributed by atoms with van der Waals surface area (Å²) in [5, 5.41) is 36.4. The van der Waals surface area contributed by atoms with Crippen LogP contribution in [0.4, 0.5) is 0 Å². The monoisotopic (exact) mass is 295 g/mol. The molecule has 0 bridgehead atoms. The fraction of sp³-hybridized carbons (Fsp3) is 0.667. The number of hydrogen-bond acceptors (Lipinski definition) is 7. The van der Waals surface area contributed by atoms with E-state index >= 15 is 0 Å². The molecule has 4 atom stereocenters. The Morgan fingerprint density at radius 3 is 2.67 bits per heavy atom. The predicted octanol–water partition coefficient (Wildman–Crippen LogP) is -1.72. The van der Waals surface area contributed by atoms with E-state index in [4.69, 9.17) is 0 Å². The lowest BCUT2D eigenvalue weighted by atomic mass is 9.90. The smallest absolute Gasteiger partial charge is 0.280 e. The van der Waals surface area contributed by atoms with Gasteiger partial charge in [-0.05, 0) is 18.3 Å². The maximum absolute atomic E-state index is 11.7. The van der Waals surface area contributed by atoms with Crippen molar-refractivity contribution >= 4 is 11.2 Å². The van der Waals surface area contributed by atoms with Gasteiger partial charge in [0.1, 0.15) is 0 Å². The molecule has 4 N–H and O–H groups in total. The molecule has 2 aromatic rings. The van der Waals surface area contributed by atoms with E-state index in [2.05, 4.69) is 20.3 Å². The quantitative estimate of drug-likeness (QED) is 0.526. The highest BCUT2D eigenvalue weighted by atomic mass is 16.3. The van der Waals surface area contributed by atoms with Crippen molar-refractivity contribution in [3.05, 3.63) is 16.7 Å². The van der Waals surface area contributed by atoms with Gasteiger partial charge < -0.3 is 20.3 Å². The zero-order valence-corrected chi connectivity index (χ0v) is 11.3. The minimum Gasteiger partial charge on any atom is -0.396 e. The highest BCUT2D eigenvalue weighted by Crippen LogP contribution is 2.44. The summed E-state index contributed by atoms with van der Waals surface area (Å²) < 4.78 is 1.52. The van der Waals surface area contributed by atoms with Crippen molar-refractivity contribution < 1.29 is 15.3 Å². The van der Waals surface area contributed by atoms with Gasteiger partial charge in [0.05, 0.1) is 12.4 Å². The number of nitrogens with one attached hydrogen (secondary N) is 1. The normalized spacial score (nSPS) is 29.3. The van der Waals surface area contributed by atoms with Crippen LogP contribution in [0.25, 0.3) is 11.2 Å². The first kappa shape index (κ1) is 14.1. The first-order valence-corrected chi connectivity index (χ1v) is 6.82. The molecule has 0 spiro atoms. The van der Waals surface area contributed by atoms with Crippen molar-refractivity contribution in [2.45, 2.75) is 12.5 Å². The van der Waals surface area contributed by atoms with E-state index in [0.717, 1.165) is 0 Å². The molecule has 0 aromatic carbocycles. The van der Waals surface area contributed by atoms with Crippen LogP contribution in [0.2, 0.25) is 0 Å². The largest absolute Gasteiger partial charge is 0.396 e. The number of aromatic amines is 1. The third-order valence-corrected chi connectivity index (χ3v) is 4.43. The number of H-pyrrole nitrogens is 1. The van der Waals surface area contributed by atoms with Crippen LogP contribution >= 0.6 is 0 Å². The van der Waals surface area contributed by atoms with E-state index in [0.29, 0.717) is 12.1 Å². The minimum atomic E-state index is -0.373. The van der Waals surface area contributed by atoms with Gasteiger partial charge in [0.2, 0.25) is 0 Å². The van der Waals surface area contributed by atoms with Gasteiger partial charge in [-0.2, -0.15) is 0 Å². The highest BCUT2D eigenvalue weighted by molar-refractivity contribution is 5.67. The summed E-state index contributed by atoms with van der Waals surface area (Å²) >= 11 is 0. The number of hydrogen-bond donors (Lipinski definition) is 4. The summed E-state index contributed by atoms with van der Waals surface area (Å²) in [7, 11) is 0. The molecule has 1 aliphatic rings. The van der Waals surface area contributed by atoms with Gasteiger partial charge in [-0.1, -0.05) is 5.21 Å². The molecule has 0 saturated heterocycles. The second kappa shape index (κ2) is 5.51. The number of nitrogens with zero attached hydrogens (tertiary/aromatic N) is 4. The summed E-state index contributed by atoms with van der Waals surface area (Å²) in [5.41, 5.74) is 0.113. The maximum Gasteiger partial charge on any atom is 0.280 e. The average molecular weight is 295 g/mol. The number of rotatable bonds is 4. The molecule has 1 fully saturated rings. The first-order valence-electron chi connectivity index (χ1n) is 6.82. The molecule has 9 nitrogen and oxygen atoms in total. The van der Waals surface area contributed by atoms with E-state index in [1.807, 2.05) is 0 Å². The Kier molecular flexibility index (Phi) is 3.70. The topological polar surface area (TPSA) is 137 Å². The maximum atomic E-state index is 11.7. The Bertz CT molecular complexity index is 684. The van der Waals surface area contributed by atoms with E-state index in [9.17, 15) is 20.1 Å². The van der Waals surface area contributed by atoms with E-state index in [1.54, 1.807) is 0 Å². The average Bonchev–Trinajstić information content (AvgIpc) is 3.07. The number of aliphatic hydroxyl groups excluding tert-OH is 3. The Balaban J connectivity index is 2.05. The van der Waals surface area contributed by atoms with Crippen molar-refractivity contribution in [1.29, 1.82) is 0 Å². The van der Waals surface area contributed by atoms with E-state index in [1.165, 1.54) is 11.0 Å². The fourth-order valence-corrected chi connectivity index (χ4v) is 3.33. The lowest BCUT2D eigenvalue weighted by Crippen LogP contribution is -2.27. The van der Waals surface area contributed by atoms with Gasteiger partial charge in [-0.15, -0.1) is 5.10 Å². The van der Waals surface area contributed by atoms with Crippen LogP contribution in [0.15, 0.2) is 11.1 Å². The second-order valence-corrected chi connectivity index (χ2v) is 5.38. The summed E-state index contributed by atoms with van der Waals surface area (Å²) in [5.74, 6) is -0.609. The molecule has 1 saturated carbocycles. The molecule has 21 heavy (non-hydrogen) atoms. The van der Waals surface area contributed by atoms with Gasteiger partial charge in [0, 0.05) is 25.7 Å². The van der Waals surface area contributed by atoms with Crippen molar-refractivity contribution in [3.63, 3.8) is 0 Å². The van der Waals surface area contributed by atoms with E-state index < -0.39 is 0 Å². The molecule has 114 valence electrons. The first-order chi connectivity index (χ1) is 10.2. The van der Waals surface area contributed by atoms with Crippen LogP contribution in [-0.2, 0) is 0 Å². The molecular weight excluding hydrogens is 278 g/mol. The standard InChI is InChI=1S/C12H17N5O4/c18-2-6-1-9(8(4-20)7(6)3-19)17-11-10(15-16-17)12(21)14-5-13-11/h5-9,18-20H,1-4H2,(H,13,14,21)/t6-,7-,8+,9?/m1/s1. The van der Waals surface area contributed by atoms with Crippen molar-refractivity contribution in [2.75, 3.05) is 19.8 Å². The van der Waals surface area contributed by atoms with Crippen LogP contribution < -0.4 is 5.56 Å². The second-order valence-electron chi connectivity index (χ2n) is 5.38. The van der Waals surface area contributed by atoms with Gasteiger partial charge in [-0.25, -0.2) is 9.67 Å². The lowest BCUT2D eigenvalue weighted by Gasteiger charge is -2.22. The molecule has 3 rings (SSSR count). The third kappa shape index (κ3) is 2.13. The van der Waals surface area contributed by atoms with Crippen LogP contribution in [0.1, 0.15) is 12.5 Å². The summed E-state index contributed by atoms with van der Waals surface area (Å²) in [6.07, 6.45) is 1.82. The van der Waals surface area contributed by atoms with Crippen LogP contribution in [0.5, 0.6) is 0 Å². The molecule has 1 aliphatic carbocycles. The zero-order chi connectivity index (χ0) is 15.0. The molecule has 1 unspecified atom stereocenters. The molecule has 2 aromatic heterocycles. The molecule has 0 aliphatic heterocycles. The Labute approximate surface area is 119 Å². The zero-order valence-electron chi connectivity index (χ0n) is 11.3. The molecule has 2 heterocycles. The van der Waals surface area contributed by atoms with Crippen LogP contribution in [0.3, 0.4) is 0 Å². The Morgan fingerprint density at radius 2 is 2.00 bits per heavy atom. The van der Waals surface area contributed by atoms with Gasteiger partial charge in [-0.3, -0.25) is 4.79 Å². The Morgan fingerprint density at radius 1 is 1.24 bits per heavy atom. The third-order valence-electron chi connectivity index (χ3n) is 4.43. The highest BCUT2D eigenvalue weighted by Gasteiger charge is 2.44. The van der Waals surface area contributed by atoms with Gasteiger partial charge in [0.25, 0.3) is 5.56 Å². The van der Waals surface area contributed by atoms with Crippen molar-refractivity contribution in [1.82, 2.24) is 25.0 Å².